The van der Waals surface area contributed by atoms with Gasteiger partial charge in [0.05, 0.1) is 16.7 Å². The summed E-state index contributed by atoms with van der Waals surface area (Å²) in [7, 11) is 0. The van der Waals surface area contributed by atoms with Gasteiger partial charge in [-0.05, 0) is 99.4 Å². The van der Waals surface area contributed by atoms with Crippen LogP contribution in [0.1, 0.15) is 0 Å². The van der Waals surface area contributed by atoms with Gasteiger partial charge in [-0.15, -0.1) is 0 Å². The van der Waals surface area contributed by atoms with Crippen LogP contribution in [0.15, 0.2) is 186 Å². The molecule has 0 radical (unpaired) electrons. The molecule has 1 aliphatic rings. The molecule has 2 aromatic heterocycles. The fourth-order valence-corrected chi connectivity index (χ4v) is 9.05. The van der Waals surface area contributed by atoms with Crippen LogP contribution in [0.3, 0.4) is 0 Å². The molecule has 246 valence electrons. The molecule has 2 heterocycles. The molecule has 0 saturated heterocycles. The van der Waals surface area contributed by atoms with Gasteiger partial charge in [0.15, 0.2) is 0 Å². The van der Waals surface area contributed by atoms with Crippen molar-refractivity contribution in [1.29, 1.82) is 0 Å². The quantitative estimate of drug-likeness (QED) is 0.173. The monoisotopic (exact) mass is 674 g/mol. The molecule has 0 N–H and O–H groups in total. The van der Waals surface area contributed by atoms with E-state index in [2.05, 4.69) is 185 Å². The van der Waals surface area contributed by atoms with Gasteiger partial charge in [0.1, 0.15) is 11.2 Å². The average Bonchev–Trinajstić information content (AvgIpc) is 3.87. The molecular formula is C50H30N2O. The van der Waals surface area contributed by atoms with E-state index in [1.54, 1.807) is 0 Å². The zero-order valence-electron chi connectivity index (χ0n) is 28.6. The van der Waals surface area contributed by atoms with Crippen LogP contribution in [-0.2, 0) is 0 Å². The number of hydrogen-bond donors (Lipinski definition) is 0. The maximum absolute atomic E-state index is 6.34. The van der Waals surface area contributed by atoms with E-state index in [0.29, 0.717) is 0 Å². The van der Waals surface area contributed by atoms with Crippen molar-refractivity contribution in [2.75, 3.05) is 4.90 Å². The molecule has 9 aromatic carbocycles. The van der Waals surface area contributed by atoms with Crippen molar-refractivity contribution in [3.05, 3.63) is 182 Å². The van der Waals surface area contributed by atoms with E-state index in [4.69, 9.17) is 4.42 Å². The summed E-state index contributed by atoms with van der Waals surface area (Å²) in [5.74, 6) is 0. The predicted octanol–water partition coefficient (Wildman–Crippen LogP) is 14.1. The first-order chi connectivity index (χ1) is 26.3. The number of para-hydroxylation sites is 3. The zero-order valence-corrected chi connectivity index (χ0v) is 28.6. The second-order valence-electron chi connectivity index (χ2n) is 14.1. The van der Waals surface area contributed by atoms with Crippen LogP contribution in [0, 0.1) is 0 Å². The van der Waals surface area contributed by atoms with Crippen molar-refractivity contribution in [1.82, 2.24) is 4.57 Å². The van der Waals surface area contributed by atoms with E-state index in [0.717, 1.165) is 50.2 Å². The Kier molecular flexibility index (Phi) is 5.77. The molecule has 0 amide bonds. The van der Waals surface area contributed by atoms with Gasteiger partial charge in [-0.1, -0.05) is 115 Å². The third-order valence-corrected chi connectivity index (χ3v) is 11.3. The van der Waals surface area contributed by atoms with Crippen molar-refractivity contribution >= 4 is 82.4 Å². The van der Waals surface area contributed by atoms with Crippen molar-refractivity contribution in [3.8, 4) is 27.9 Å². The Morgan fingerprint density at radius 1 is 0.396 bits per heavy atom. The topological polar surface area (TPSA) is 21.3 Å². The average molecular weight is 675 g/mol. The van der Waals surface area contributed by atoms with Crippen LogP contribution < -0.4 is 4.90 Å². The Bertz CT molecular complexity index is 3290. The summed E-state index contributed by atoms with van der Waals surface area (Å²) in [6.07, 6.45) is 0. The highest BCUT2D eigenvalue weighted by atomic mass is 16.3. The Labute approximate surface area is 305 Å². The van der Waals surface area contributed by atoms with E-state index < -0.39 is 0 Å². The number of rotatable bonds is 4. The summed E-state index contributed by atoms with van der Waals surface area (Å²) in [6, 6.07) is 66.1. The molecule has 12 rings (SSSR count). The first-order valence-corrected chi connectivity index (χ1v) is 18.2. The molecule has 1 aliphatic carbocycles. The minimum absolute atomic E-state index is 0.885. The van der Waals surface area contributed by atoms with Crippen molar-refractivity contribution in [2.45, 2.75) is 0 Å². The van der Waals surface area contributed by atoms with E-state index in [-0.39, 0.29) is 0 Å². The molecule has 11 aromatic rings. The van der Waals surface area contributed by atoms with Crippen LogP contribution in [0.2, 0.25) is 0 Å². The van der Waals surface area contributed by atoms with E-state index in [1.165, 1.54) is 60.1 Å². The van der Waals surface area contributed by atoms with Gasteiger partial charge in [0.25, 0.3) is 0 Å². The van der Waals surface area contributed by atoms with Crippen molar-refractivity contribution < 1.29 is 4.42 Å². The molecule has 0 bridgehead atoms. The Hall–Kier alpha value is -7.10. The second kappa shape index (κ2) is 10.7. The minimum atomic E-state index is 0.885. The van der Waals surface area contributed by atoms with Crippen LogP contribution in [-0.4, -0.2) is 4.57 Å². The standard InChI is InChI=1S/C50H30N2O/c1-2-14-33(15-3-1)52-43-21-8-6-17-37(43)38-26-24-35(30-45(38)52)51(34-25-27-47-42(29-34)39-18-7-9-23-46(39)53-47)44-22-11-20-41-40-19-10-13-32-28-31-12-4-5-16-36(31)50(48(32)40)49(41)44/h1-30H. The molecule has 0 unspecified atom stereocenters. The zero-order chi connectivity index (χ0) is 34.6. The minimum Gasteiger partial charge on any atom is -0.456 e. The summed E-state index contributed by atoms with van der Waals surface area (Å²) in [5.41, 5.74) is 13.7. The summed E-state index contributed by atoms with van der Waals surface area (Å²) >= 11 is 0. The molecule has 3 heteroatoms. The van der Waals surface area contributed by atoms with Gasteiger partial charge in [0, 0.05) is 49.7 Å². The summed E-state index contributed by atoms with van der Waals surface area (Å²) in [4.78, 5) is 2.46. The summed E-state index contributed by atoms with van der Waals surface area (Å²) in [6.45, 7) is 0. The third kappa shape index (κ3) is 3.99. The summed E-state index contributed by atoms with van der Waals surface area (Å²) < 4.78 is 8.74. The Morgan fingerprint density at radius 2 is 1.08 bits per heavy atom. The van der Waals surface area contributed by atoms with E-state index in [9.17, 15) is 0 Å². The lowest BCUT2D eigenvalue weighted by Crippen LogP contribution is -2.11. The molecule has 53 heavy (non-hydrogen) atoms. The SMILES string of the molecule is c1ccc(-n2c3ccccc3c3ccc(N(c4ccc5oc6ccccc6c5c4)c4cccc5c4-c4c6ccccc6cc6cccc-5c46)cc32)cc1. The number of anilines is 3. The van der Waals surface area contributed by atoms with Gasteiger partial charge in [-0.3, -0.25) is 0 Å². The molecule has 0 atom stereocenters. The lowest BCUT2D eigenvalue weighted by molar-refractivity contribution is 0.669. The van der Waals surface area contributed by atoms with Crippen molar-refractivity contribution in [3.63, 3.8) is 0 Å². The van der Waals surface area contributed by atoms with Crippen LogP contribution in [0.25, 0.3) is 93.2 Å². The first-order valence-electron chi connectivity index (χ1n) is 18.2. The molecule has 3 nitrogen and oxygen atoms in total. The van der Waals surface area contributed by atoms with Gasteiger partial charge in [-0.2, -0.15) is 0 Å². The highest BCUT2D eigenvalue weighted by Gasteiger charge is 2.29. The maximum atomic E-state index is 6.34. The Morgan fingerprint density at radius 3 is 2.00 bits per heavy atom. The molecule has 0 spiro atoms. The first kappa shape index (κ1) is 28.6. The van der Waals surface area contributed by atoms with E-state index in [1.807, 2.05) is 6.07 Å². The van der Waals surface area contributed by atoms with Gasteiger partial charge in [0.2, 0.25) is 0 Å². The normalized spacial score (nSPS) is 12.2. The third-order valence-electron chi connectivity index (χ3n) is 11.3. The van der Waals surface area contributed by atoms with Crippen molar-refractivity contribution in [2.24, 2.45) is 0 Å². The fourth-order valence-electron chi connectivity index (χ4n) is 9.05. The molecule has 0 aliphatic heterocycles. The molecular weight excluding hydrogens is 645 g/mol. The highest BCUT2D eigenvalue weighted by Crippen LogP contribution is 2.56. The van der Waals surface area contributed by atoms with E-state index >= 15 is 0 Å². The van der Waals surface area contributed by atoms with Crippen LogP contribution >= 0.6 is 0 Å². The van der Waals surface area contributed by atoms with Crippen LogP contribution in [0.5, 0.6) is 0 Å². The Balaban J connectivity index is 1.19. The number of nitrogens with zero attached hydrogens (tertiary/aromatic N) is 2. The number of furan rings is 1. The highest BCUT2D eigenvalue weighted by molar-refractivity contribution is 6.26. The van der Waals surface area contributed by atoms with Gasteiger partial charge in [-0.25, -0.2) is 0 Å². The number of aromatic nitrogens is 1. The van der Waals surface area contributed by atoms with Crippen LogP contribution in [0.4, 0.5) is 17.1 Å². The fraction of sp³-hybridized carbons (Fsp3) is 0. The number of fused-ring (bicyclic) bond motifs is 11. The molecule has 0 fully saturated rings. The maximum Gasteiger partial charge on any atom is 0.135 e. The number of benzene rings is 9. The lowest BCUT2D eigenvalue weighted by atomic mass is 9.94. The van der Waals surface area contributed by atoms with Gasteiger partial charge < -0.3 is 13.9 Å². The second-order valence-corrected chi connectivity index (χ2v) is 14.1. The molecule has 0 saturated carbocycles. The number of hydrogen-bond acceptors (Lipinski definition) is 2. The van der Waals surface area contributed by atoms with Gasteiger partial charge >= 0.3 is 0 Å². The smallest absolute Gasteiger partial charge is 0.135 e. The predicted molar refractivity (Wildman–Crippen MR) is 222 cm³/mol. The lowest BCUT2D eigenvalue weighted by Gasteiger charge is -2.28. The summed E-state index contributed by atoms with van der Waals surface area (Å²) in [5, 5.41) is 9.80. The largest absolute Gasteiger partial charge is 0.456 e.